The molecule has 0 aromatic heterocycles. The van der Waals surface area contributed by atoms with E-state index >= 15 is 0 Å². The van der Waals surface area contributed by atoms with E-state index in [9.17, 15) is 0 Å². The van der Waals surface area contributed by atoms with E-state index < -0.39 is 0 Å². The van der Waals surface area contributed by atoms with Crippen LogP contribution in [0.3, 0.4) is 0 Å². The molecule has 2 aliphatic heterocycles. The Morgan fingerprint density at radius 1 is 1.00 bits per heavy atom. The van der Waals surface area contributed by atoms with E-state index in [1.54, 1.807) is 0 Å². The summed E-state index contributed by atoms with van der Waals surface area (Å²) in [5.41, 5.74) is 2.38. The van der Waals surface area contributed by atoms with Crippen molar-refractivity contribution in [3.63, 3.8) is 0 Å². The first-order chi connectivity index (χ1) is 11.2. The van der Waals surface area contributed by atoms with E-state index in [4.69, 9.17) is 16.3 Å². The molecule has 2 aromatic rings. The molecule has 3 heteroatoms. The van der Waals surface area contributed by atoms with Crippen LogP contribution in [0.5, 0.6) is 0 Å². The second kappa shape index (κ2) is 6.27. The molecule has 2 aromatic carbocycles. The molecule has 0 radical (unpaired) electrons. The zero-order chi connectivity index (χ0) is 15.8. The minimum absolute atomic E-state index is 0.0220. The van der Waals surface area contributed by atoms with Crippen molar-refractivity contribution in [2.45, 2.75) is 43.6 Å². The molecule has 0 amide bonds. The van der Waals surface area contributed by atoms with Gasteiger partial charge in [0, 0.05) is 17.1 Å². The normalized spacial score (nSPS) is 28.2. The molecule has 0 N–H and O–H groups in total. The maximum absolute atomic E-state index is 6.64. The number of rotatable bonds is 4. The Morgan fingerprint density at radius 2 is 1.70 bits per heavy atom. The predicted molar refractivity (Wildman–Crippen MR) is 93.8 cm³/mol. The van der Waals surface area contributed by atoms with Gasteiger partial charge < -0.3 is 4.74 Å². The largest absolute Gasteiger partial charge is 0.364 e. The van der Waals surface area contributed by atoms with Gasteiger partial charge in [-0.2, -0.15) is 0 Å². The van der Waals surface area contributed by atoms with E-state index in [1.807, 2.05) is 18.2 Å². The molecule has 0 aliphatic carbocycles. The van der Waals surface area contributed by atoms with Crippen molar-refractivity contribution in [2.24, 2.45) is 0 Å². The van der Waals surface area contributed by atoms with Gasteiger partial charge in [-0.25, -0.2) is 0 Å². The summed E-state index contributed by atoms with van der Waals surface area (Å²) in [6, 6.07) is 19.8. The lowest BCUT2D eigenvalue weighted by molar-refractivity contribution is -0.0113. The standard InChI is InChI=1S/C20H22ClNO/c1-22-17-11-12-18(22)19(13-17)23-20(14-5-3-2-4-6-14)15-7-9-16(21)10-8-15/h2-10,17-20H,11-13H2,1H3. The van der Waals surface area contributed by atoms with Gasteiger partial charge >= 0.3 is 0 Å². The summed E-state index contributed by atoms with van der Waals surface area (Å²) in [6.45, 7) is 0. The van der Waals surface area contributed by atoms with Gasteiger partial charge in [0.25, 0.3) is 0 Å². The van der Waals surface area contributed by atoms with E-state index in [2.05, 4.69) is 48.3 Å². The van der Waals surface area contributed by atoms with Crippen LogP contribution in [0.4, 0.5) is 0 Å². The van der Waals surface area contributed by atoms with Gasteiger partial charge in [-0.15, -0.1) is 0 Å². The maximum atomic E-state index is 6.64. The highest BCUT2D eigenvalue weighted by molar-refractivity contribution is 6.30. The van der Waals surface area contributed by atoms with Crippen LogP contribution in [0.15, 0.2) is 54.6 Å². The van der Waals surface area contributed by atoms with Gasteiger partial charge in [0.05, 0.1) is 6.10 Å². The fraction of sp³-hybridized carbons (Fsp3) is 0.400. The Bertz CT molecular complexity index is 657. The Kier molecular flexibility index (Phi) is 4.14. The third-order valence-electron chi connectivity index (χ3n) is 5.41. The Labute approximate surface area is 143 Å². The third-order valence-corrected chi connectivity index (χ3v) is 5.67. The van der Waals surface area contributed by atoms with Crippen molar-refractivity contribution in [3.05, 3.63) is 70.7 Å². The Morgan fingerprint density at radius 3 is 2.30 bits per heavy atom. The number of nitrogens with zero attached hydrogens (tertiary/aromatic N) is 1. The fourth-order valence-corrected chi connectivity index (χ4v) is 4.26. The molecule has 0 saturated carbocycles. The average Bonchev–Trinajstić information content (AvgIpc) is 3.09. The highest BCUT2D eigenvalue weighted by Gasteiger charge is 2.45. The van der Waals surface area contributed by atoms with Crippen molar-refractivity contribution in [1.29, 1.82) is 0 Å². The minimum Gasteiger partial charge on any atom is -0.364 e. The predicted octanol–water partition coefficient (Wildman–Crippen LogP) is 4.68. The lowest BCUT2D eigenvalue weighted by atomic mass is 9.96. The number of hydrogen-bond donors (Lipinski definition) is 0. The van der Waals surface area contributed by atoms with Gasteiger partial charge in [-0.3, -0.25) is 4.90 Å². The van der Waals surface area contributed by atoms with E-state index in [0.717, 1.165) is 11.4 Å². The van der Waals surface area contributed by atoms with Gasteiger partial charge in [-0.05, 0) is 49.6 Å². The van der Waals surface area contributed by atoms with Crippen LogP contribution in [0, 0.1) is 0 Å². The quantitative estimate of drug-likeness (QED) is 0.808. The first-order valence-electron chi connectivity index (χ1n) is 8.40. The first-order valence-corrected chi connectivity index (χ1v) is 8.78. The summed E-state index contributed by atoms with van der Waals surface area (Å²) in [4.78, 5) is 2.51. The lowest BCUT2D eigenvalue weighted by Gasteiger charge is -2.28. The number of ether oxygens (including phenoxy) is 1. The zero-order valence-corrected chi connectivity index (χ0v) is 14.1. The summed E-state index contributed by atoms with van der Waals surface area (Å²) in [6.07, 6.45) is 4.02. The second-order valence-electron chi connectivity index (χ2n) is 6.72. The summed E-state index contributed by atoms with van der Waals surface area (Å²) < 4.78 is 6.64. The lowest BCUT2D eigenvalue weighted by Crippen LogP contribution is -2.32. The van der Waals surface area contributed by atoms with Crippen LogP contribution in [-0.2, 0) is 4.74 Å². The van der Waals surface area contributed by atoms with Gasteiger partial charge in [-0.1, -0.05) is 54.1 Å². The van der Waals surface area contributed by atoms with Crippen LogP contribution < -0.4 is 0 Å². The molecule has 23 heavy (non-hydrogen) atoms. The van der Waals surface area contributed by atoms with Crippen molar-refractivity contribution in [3.8, 4) is 0 Å². The van der Waals surface area contributed by atoms with E-state index in [1.165, 1.54) is 24.0 Å². The summed E-state index contributed by atoms with van der Waals surface area (Å²) in [5.74, 6) is 0. The molecule has 4 atom stereocenters. The van der Waals surface area contributed by atoms with Crippen LogP contribution in [0.1, 0.15) is 36.5 Å². The minimum atomic E-state index is -0.0220. The van der Waals surface area contributed by atoms with Crippen molar-refractivity contribution < 1.29 is 4.74 Å². The molecule has 4 rings (SSSR count). The highest BCUT2D eigenvalue weighted by Crippen LogP contribution is 2.41. The molecule has 0 spiro atoms. The van der Waals surface area contributed by atoms with Crippen LogP contribution in [0.25, 0.3) is 0 Å². The number of hydrogen-bond acceptors (Lipinski definition) is 2. The van der Waals surface area contributed by atoms with Crippen molar-refractivity contribution >= 4 is 11.6 Å². The van der Waals surface area contributed by atoms with Gasteiger partial charge in [0.2, 0.25) is 0 Å². The van der Waals surface area contributed by atoms with Crippen molar-refractivity contribution in [1.82, 2.24) is 4.90 Å². The second-order valence-corrected chi connectivity index (χ2v) is 7.15. The van der Waals surface area contributed by atoms with Crippen LogP contribution in [0.2, 0.25) is 5.02 Å². The van der Waals surface area contributed by atoms with E-state index in [0.29, 0.717) is 18.2 Å². The average molecular weight is 328 g/mol. The molecular formula is C20H22ClNO. The zero-order valence-electron chi connectivity index (χ0n) is 13.4. The molecule has 2 heterocycles. The molecule has 2 nitrogen and oxygen atoms in total. The summed E-state index contributed by atoms with van der Waals surface area (Å²) in [7, 11) is 2.24. The van der Waals surface area contributed by atoms with Crippen LogP contribution in [-0.4, -0.2) is 30.1 Å². The monoisotopic (exact) mass is 327 g/mol. The molecule has 2 fully saturated rings. The fourth-order valence-electron chi connectivity index (χ4n) is 4.13. The summed E-state index contributed by atoms with van der Waals surface area (Å²) >= 11 is 6.06. The summed E-state index contributed by atoms with van der Waals surface area (Å²) in [5, 5.41) is 0.764. The molecule has 120 valence electrons. The topological polar surface area (TPSA) is 12.5 Å². The molecule has 2 saturated heterocycles. The van der Waals surface area contributed by atoms with E-state index in [-0.39, 0.29) is 6.10 Å². The highest BCUT2D eigenvalue weighted by atomic mass is 35.5. The molecule has 2 aliphatic rings. The number of benzene rings is 2. The maximum Gasteiger partial charge on any atom is 0.108 e. The number of fused-ring (bicyclic) bond motifs is 2. The Hall–Kier alpha value is -1.35. The smallest absolute Gasteiger partial charge is 0.108 e. The molecule has 4 unspecified atom stereocenters. The molecular weight excluding hydrogens is 306 g/mol. The van der Waals surface area contributed by atoms with Gasteiger partial charge in [0.15, 0.2) is 0 Å². The Balaban J connectivity index is 1.62. The van der Waals surface area contributed by atoms with Crippen molar-refractivity contribution in [2.75, 3.05) is 7.05 Å². The van der Waals surface area contributed by atoms with Gasteiger partial charge in [0.1, 0.15) is 6.10 Å². The number of halogens is 1. The van der Waals surface area contributed by atoms with Crippen LogP contribution >= 0.6 is 11.6 Å². The SMILES string of the molecule is CN1C2CCC1C(OC(c1ccccc1)c1ccc(Cl)cc1)C2. The number of likely N-dealkylation sites (N-methyl/N-ethyl adjacent to an activating group) is 1. The molecule has 2 bridgehead atoms. The third kappa shape index (κ3) is 2.91. The first kappa shape index (κ1) is 15.2.